The number of halogens is 4. The smallest absolute Gasteiger partial charge is 0.406 e. The summed E-state index contributed by atoms with van der Waals surface area (Å²) in [7, 11) is 1.53. The van der Waals surface area contributed by atoms with Crippen molar-refractivity contribution in [2.75, 3.05) is 13.7 Å². The van der Waals surface area contributed by atoms with Gasteiger partial charge in [-0.1, -0.05) is 12.1 Å². The Morgan fingerprint density at radius 1 is 1.17 bits per heavy atom. The predicted molar refractivity (Wildman–Crippen MR) is 83.0 cm³/mol. The van der Waals surface area contributed by atoms with Crippen LogP contribution in [0.2, 0.25) is 0 Å². The van der Waals surface area contributed by atoms with Crippen LogP contribution in [0.15, 0.2) is 24.3 Å². The minimum Gasteiger partial charge on any atom is -0.406 e. The number of rotatable bonds is 6. The lowest BCUT2D eigenvalue weighted by Gasteiger charge is -2.18. The van der Waals surface area contributed by atoms with Gasteiger partial charge < -0.3 is 25.0 Å². The van der Waals surface area contributed by atoms with Gasteiger partial charge >= 0.3 is 6.36 Å². The molecular weight excluding hydrogens is 351 g/mol. The molecule has 1 fully saturated rings. The van der Waals surface area contributed by atoms with E-state index < -0.39 is 18.6 Å². The Bertz CT molecular complexity index is 500. The molecule has 4 atom stereocenters. The van der Waals surface area contributed by atoms with Gasteiger partial charge in [-0.3, -0.25) is 0 Å². The third kappa shape index (κ3) is 5.78. The fraction of sp³-hybridized carbons (Fsp3) is 0.600. The molecule has 0 unspecified atom stereocenters. The topological polar surface area (TPSA) is 71.0 Å². The number of benzene rings is 1. The van der Waals surface area contributed by atoms with E-state index in [1.54, 1.807) is 0 Å². The number of hydrogen-bond acceptors (Lipinski definition) is 5. The van der Waals surface area contributed by atoms with Crippen LogP contribution in [0, 0.1) is 5.92 Å². The summed E-state index contributed by atoms with van der Waals surface area (Å²) in [5.74, 6) is -0.423. The molecule has 1 aliphatic carbocycles. The maximum atomic E-state index is 12.1. The van der Waals surface area contributed by atoms with Crippen molar-refractivity contribution in [2.24, 2.45) is 5.92 Å². The highest BCUT2D eigenvalue weighted by Gasteiger charge is 2.40. The van der Waals surface area contributed by atoms with E-state index in [1.807, 2.05) is 0 Å². The van der Waals surface area contributed by atoms with Crippen LogP contribution >= 0.6 is 12.4 Å². The van der Waals surface area contributed by atoms with Gasteiger partial charge in [0, 0.05) is 25.6 Å². The molecule has 1 saturated carbocycles. The summed E-state index contributed by atoms with van der Waals surface area (Å²) >= 11 is 0. The molecule has 24 heavy (non-hydrogen) atoms. The molecular formula is C15H21ClF3NO4. The zero-order valence-electron chi connectivity index (χ0n) is 13.0. The zero-order chi connectivity index (χ0) is 17.0. The Labute approximate surface area is 144 Å². The van der Waals surface area contributed by atoms with Gasteiger partial charge in [-0.2, -0.15) is 0 Å². The number of hydrogen-bond donors (Lipinski definition) is 3. The van der Waals surface area contributed by atoms with Crippen molar-refractivity contribution in [1.82, 2.24) is 5.32 Å². The lowest BCUT2D eigenvalue weighted by Crippen LogP contribution is -2.39. The summed E-state index contributed by atoms with van der Waals surface area (Å²) in [6, 6.07) is 5.20. The molecule has 138 valence electrons. The molecule has 1 aromatic rings. The fourth-order valence-corrected chi connectivity index (χ4v) is 2.76. The van der Waals surface area contributed by atoms with Gasteiger partial charge in [0.15, 0.2) is 0 Å². The molecule has 3 N–H and O–H groups in total. The maximum Gasteiger partial charge on any atom is 0.573 e. The minimum atomic E-state index is -4.71. The second-order valence-corrected chi connectivity index (χ2v) is 5.61. The molecule has 0 aliphatic heterocycles. The molecule has 0 bridgehead atoms. The molecule has 5 nitrogen and oxygen atoms in total. The van der Waals surface area contributed by atoms with E-state index in [0.717, 1.165) is 5.56 Å². The maximum absolute atomic E-state index is 12.1. The van der Waals surface area contributed by atoms with Crippen molar-refractivity contribution >= 4 is 12.4 Å². The van der Waals surface area contributed by atoms with Crippen LogP contribution < -0.4 is 10.1 Å². The fourth-order valence-electron chi connectivity index (χ4n) is 2.76. The Morgan fingerprint density at radius 3 is 2.33 bits per heavy atom. The normalized spacial score (nSPS) is 26.9. The number of aliphatic hydroxyl groups is 2. The van der Waals surface area contributed by atoms with Crippen LogP contribution in [0.25, 0.3) is 0 Å². The Balaban J connectivity index is 0.00000288. The highest BCUT2D eigenvalue weighted by Crippen LogP contribution is 2.27. The average molecular weight is 372 g/mol. The molecule has 0 aromatic heterocycles. The Morgan fingerprint density at radius 2 is 1.79 bits per heavy atom. The van der Waals surface area contributed by atoms with E-state index in [9.17, 15) is 23.4 Å². The Hall–Kier alpha value is -1.06. The van der Waals surface area contributed by atoms with Crippen LogP contribution in [0.3, 0.4) is 0 Å². The van der Waals surface area contributed by atoms with Gasteiger partial charge in [-0.15, -0.1) is 25.6 Å². The summed E-state index contributed by atoms with van der Waals surface area (Å²) in [6.07, 6.45) is -5.90. The lowest BCUT2D eigenvalue weighted by atomic mass is 10.1. The summed E-state index contributed by atoms with van der Waals surface area (Å²) in [5, 5.41) is 23.0. The van der Waals surface area contributed by atoms with Crippen LogP contribution in [0.5, 0.6) is 5.75 Å². The van der Waals surface area contributed by atoms with E-state index >= 15 is 0 Å². The van der Waals surface area contributed by atoms with Crippen molar-refractivity contribution in [3.05, 3.63) is 29.8 Å². The summed E-state index contributed by atoms with van der Waals surface area (Å²) in [5.41, 5.74) is 0.747. The van der Waals surface area contributed by atoms with Gasteiger partial charge in [-0.05, 0) is 24.1 Å². The quantitative estimate of drug-likeness (QED) is 0.712. The molecule has 0 heterocycles. The number of alkyl halides is 3. The number of aliphatic hydroxyl groups excluding tert-OH is 2. The molecule has 1 aliphatic rings. The molecule has 2 rings (SSSR count). The van der Waals surface area contributed by atoms with Crippen molar-refractivity contribution in [1.29, 1.82) is 0 Å². The van der Waals surface area contributed by atoms with Crippen molar-refractivity contribution in [3.63, 3.8) is 0 Å². The first kappa shape index (κ1) is 21.0. The van der Waals surface area contributed by atoms with E-state index in [-0.39, 0.29) is 30.1 Å². The highest BCUT2D eigenvalue weighted by atomic mass is 35.5. The number of methoxy groups -OCH3 is 1. The summed E-state index contributed by atoms with van der Waals surface area (Å²) in [6.45, 7) is 0.723. The molecule has 0 spiro atoms. The van der Waals surface area contributed by atoms with Crippen molar-refractivity contribution < 1.29 is 32.9 Å². The van der Waals surface area contributed by atoms with E-state index in [4.69, 9.17) is 4.74 Å². The Kier molecular flexibility index (Phi) is 7.75. The summed E-state index contributed by atoms with van der Waals surface area (Å²) < 4.78 is 45.0. The van der Waals surface area contributed by atoms with Gasteiger partial charge in [0.25, 0.3) is 0 Å². The first-order valence-electron chi connectivity index (χ1n) is 7.23. The molecule has 9 heteroatoms. The van der Waals surface area contributed by atoms with Gasteiger partial charge in [-0.25, -0.2) is 0 Å². The number of nitrogens with one attached hydrogen (secondary N) is 1. The molecule has 0 saturated heterocycles. The second-order valence-electron chi connectivity index (χ2n) is 5.61. The molecule has 1 aromatic carbocycles. The number of ether oxygens (including phenoxy) is 2. The van der Waals surface area contributed by atoms with Crippen molar-refractivity contribution in [2.45, 2.75) is 37.6 Å². The van der Waals surface area contributed by atoms with Gasteiger partial charge in [0.2, 0.25) is 0 Å². The summed E-state index contributed by atoms with van der Waals surface area (Å²) in [4.78, 5) is 0. The van der Waals surface area contributed by atoms with Gasteiger partial charge in [0.05, 0.1) is 18.8 Å². The standard InChI is InChI=1S/C15H20F3NO4.ClH/c1-22-8-10-6-12(14(21)13(10)20)19-7-9-2-4-11(5-3-9)23-15(16,17)18;/h2-5,10,12-14,19-21H,6-8H2,1H3;1H/t10-,12-,13-,14+;/m1./s1. The third-order valence-electron chi connectivity index (χ3n) is 3.91. The van der Waals surface area contributed by atoms with Gasteiger partial charge in [0.1, 0.15) is 5.75 Å². The van der Waals surface area contributed by atoms with Crippen LogP contribution in [0.4, 0.5) is 13.2 Å². The monoisotopic (exact) mass is 371 g/mol. The van der Waals surface area contributed by atoms with E-state index in [2.05, 4.69) is 10.1 Å². The van der Waals surface area contributed by atoms with Crippen LogP contribution in [-0.4, -0.2) is 48.5 Å². The minimum absolute atomic E-state index is 0. The third-order valence-corrected chi connectivity index (χ3v) is 3.91. The predicted octanol–water partition coefficient (Wildman–Crippen LogP) is 1.85. The first-order chi connectivity index (χ1) is 10.8. The first-order valence-corrected chi connectivity index (χ1v) is 7.23. The van der Waals surface area contributed by atoms with E-state index in [1.165, 1.54) is 31.4 Å². The molecule has 0 radical (unpaired) electrons. The van der Waals surface area contributed by atoms with E-state index in [0.29, 0.717) is 19.6 Å². The highest BCUT2D eigenvalue weighted by molar-refractivity contribution is 5.85. The van der Waals surface area contributed by atoms with Crippen LogP contribution in [-0.2, 0) is 11.3 Å². The second kappa shape index (κ2) is 8.87. The van der Waals surface area contributed by atoms with Crippen LogP contribution in [0.1, 0.15) is 12.0 Å². The zero-order valence-corrected chi connectivity index (χ0v) is 13.8. The van der Waals surface area contributed by atoms with Crippen molar-refractivity contribution in [3.8, 4) is 5.75 Å². The molecule has 0 amide bonds. The average Bonchev–Trinajstić information content (AvgIpc) is 2.74. The SMILES string of the molecule is COC[C@H]1C[C@@H](NCc2ccc(OC(F)(F)F)cc2)[C@H](O)[C@@H]1O.Cl. The lowest BCUT2D eigenvalue weighted by molar-refractivity contribution is -0.274. The largest absolute Gasteiger partial charge is 0.573 e.